The van der Waals surface area contributed by atoms with Crippen molar-refractivity contribution in [2.75, 3.05) is 27.8 Å². The van der Waals surface area contributed by atoms with Crippen LogP contribution in [-0.2, 0) is 13.0 Å². The van der Waals surface area contributed by atoms with Crippen molar-refractivity contribution in [3.8, 4) is 11.5 Å². The highest BCUT2D eigenvalue weighted by Gasteiger charge is 2.12. The molecule has 154 valence electrons. The van der Waals surface area contributed by atoms with Crippen LogP contribution < -0.4 is 20.1 Å². The van der Waals surface area contributed by atoms with Crippen LogP contribution in [0.2, 0.25) is 0 Å². The topological polar surface area (TPSA) is 68.0 Å². The number of hydrogen-bond acceptors (Lipinski definition) is 4. The number of rotatable bonds is 7. The summed E-state index contributed by atoms with van der Waals surface area (Å²) in [5.74, 6) is 2.57. The Morgan fingerprint density at radius 2 is 1.86 bits per heavy atom. The van der Waals surface area contributed by atoms with E-state index >= 15 is 0 Å². The van der Waals surface area contributed by atoms with Gasteiger partial charge in [0.2, 0.25) is 0 Å². The van der Waals surface area contributed by atoms with E-state index in [2.05, 4.69) is 15.6 Å². The molecule has 1 heterocycles. The van der Waals surface area contributed by atoms with E-state index in [0.29, 0.717) is 36.1 Å². The molecule has 3 aromatic rings. The Hall–Kier alpha value is -3.22. The monoisotopic (exact) mass is 399 g/mol. The van der Waals surface area contributed by atoms with Crippen molar-refractivity contribution in [1.82, 2.24) is 10.6 Å². The summed E-state index contributed by atoms with van der Waals surface area (Å²) >= 11 is 0. The van der Waals surface area contributed by atoms with Gasteiger partial charge in [-0.15, -0.1) is 0 Å². The summed E-state index contributed by atoms with van der Waals surface area (Å²) in [6, 6.07) is 10.4. The van der Waals surface area contributed by atoms with Crippen LogP contribution in [0.25, 0.3) is 11.0 Å². The molecule has 0 aliphatic rings. The van der Waals surface area contributed by atoms with Gasteiger partial charge in [-0.3, -0.25) is 4.99 Å². The Bertz CT molecular complexity index is 1010. The lowest BCUT2D eigenvalue weighted by Crippen LogP contribution is -2.37. The molecule has 0 fully saturated rings. The second kappa shape index (κ2) is 9.32. The molecule has 7 heteroatoms. The first-order chi connectivity index (χ1) is 14.0. The maximum Gasteiger partial charge on any atom is 0.191 e. The molecule has 0 unspecified atom stereocenters. The van der Waals surface area contributed by atoms with E-state index in [1.807, 2.05) is 25.1 Å². The zero-order chi connectivity index (χ0) is 20.8. The summed E-state index contributed by atoms with van der Waals surface area (Å²) in [6.45, 7) is 3.08. The number of furan rings is 1. The number of nitrogens with zero attached hydrogens (tertiary/aromatic N) is 1. The summed E-state index contributed by atoms with van der Waals surface area (Å²) in [4.78, 5) is 4.24. The number of hydrogen-bond donors (Lipinski definition) is 2. The number of aryl methyl sites for hydroxylation is 1. The summed E-state index contributed by atoms with van der Waals surface area (Å²) < 4.78 is 29.9. The highest BCUT2D eigenvalue weighted by atomic mass is 19.1. The largest absolute Gasteiger partial charge is 0.493 e. The van der Waals surface area contributed by atoms with Crippen LogP contribution in [0.5, 0.6) is 11.5 Å². The molecular weight excluding hydrogens is 373 g/mol. The van der Waals surface area contributed by atoms with E-state index < -0.39 is 0 Å². The molecule has 0 saturated heterocycles. The minimum atomic E-state index is -0.270. The Balaban J connectivity index is 1.56. The molecule has 0 spiro atoms. The maximum absolute atomic E-state index is 13.5. The molecule has 0 aliphatic heterocycles. The fraction of sp³-hybridized carbons (Fsp3) is 0.318. The van der Waals surface area contributed by atoms with Gasteiger partial charge < -0.3 is 24.5 Å². The quantitative estimate of drug-likeness (QED) is 0.467. The van der Waals surface area contributed by atoms with Gasteiger partial charge in [-0.2, -0.15) is 0 Å². The van der Waals surface area contributed by atoms with Gasteiger partial charge in [0.15, 0.2) is 17.5 Å². The second-order valence-corrected chi connectivity index (χ2v) is 6.58. The third-order valence-corrected chi connectivity index (χ3v) is 4.79. The Labute approximate surface area is 169 Å². The normalized spacial score (nSPS) is 11.6. The van der Waals surface area contributed by atoms with Crippen molar-refractivity contribution >= 4 is 16.9 Å². The first kappa shape index (κ1) is 20.5. The Morgan fingerprint density at radius 1 is 1.07 bits per heavy atom. The standard InChI is InChI=1S/C22H26FN3O3/c1-14-17-12-16(23)6-8-18(17)29-21(14)13-26-22(24-2)25-10-9-15-5-7-19(27-3)20(11-15)28-4/h5-8,11-12H,9-10,13H2,1-4H3,(H2,24,25,26). The number of guanidine groups is 1. The predicted octanol–water partition coefficient (Wildman–Crippen LogP) is 3.81. The summed E-state index contributed by atoms with van der Waals surface area (Å²) in [5.41, 5.74) is 2.73. The van der Waals surface area contributed by atoms with Gasteiger partial charge >= 0.3 is 0 Å². The molecule has 0 radical (unpaired) electrons. The van der Waals surface area contributed by atoms with Crippen molar-refractivity contribution in [3.05, 3.63) is 59.1 Å². The molecule has 29 heavy (non-hydrogen) atoms. The molecule has 0 aliphatic carbocycles. The fourth-order valence-electron chi connectivity index (χ4n) is 3.16. The van der Waals surface area contributed by atoms with E-state index in [1.165, 1.54) is 12.1 Å². The zero-order valence-corrected chi connectivity index (χ0v) is 17.1. The number of ether oxygens (including phenoxy) is 2. The van der Waals surface area contributed by atoms with Gasteiger partial charge in [0, 0.05) is 24.5 Å². The van der Waals surface area contributed by atoms with E-state index in [4.69, 9.17) is 13.9 Å². The predicted molar refractivity (Wildman–Crippen MR) is 112 cm³/mol. The Morgan fingerprint density at radius 3 is 2.59 bits per heavy atom. The molecule has 2 N–H and O–H groups in total. The zero-order valence-electron chi connectivity index (χ0n) is 17.1. The number of fused-ring (bicyclic) bond motifs is 1. The van der Waals surface area contributed by atoms with E-state index in [9.17, 15) is 4.39 Å². The van der Waals surface area contributed by atoms with E-state index in [1.54, 1.807) is 27.3 Å². The van der Waals surface area contributed by atoms with Crippen LogP contribution in [0.15, 0.2) is 45.8 Å². The average molecular weight is 399 g/mol. The molecule has 6 nitrogen and oxygen atoms in total. The number of halogens is 1. The molecule has 1 aromatic heterocycles. The smallest absolute Gasteiger partial charge is 0.191 e. The number of nitrogens with one attached hydrogen (secondary N) is 2. The van der Waals surface area contributed by atoms with Crippen LogP contribution in [0.3, 0.4) is 0 Å². The van der Waals surface area contributed by atoms with Crippen LogP contribution in [0.1, 0.15) is 16.9 Å². The lowest BCUT2D eigenvalue weighted by Gasteiger charge is -2.12. The number of benzene rings is 2. The van der Waals surface area contributed by atoms with Gasteiger partial charge in [0.1, 0.15) is 17.2 Å². The van der Waals surface area contributed by atoms with Crippen molar-refractivity contribution in [3.63, 3.8) is 0 Å². The lowest BCUT2D eigenvalue weighted by molar-refractivity contribution is 0.354. The summed E-state index contributed by atoms with van der Waals surface area (Å²) in [7, 11) is 4.96. The van der Waals surface area contributed by atoms with Crippen LogP contribution in [-0.4, -0.2) is 33.8 Å². The lowest BCUT2D eigenvalue weighted by atomic mass is 10.1. The Kier molecular flexibility index (Phi) is 6.59. The highest BCUT2D eigenvalue weighted by molar-refractivity contribution is 5.83. The first-order valence-electron chi connectivity index (χ1n) is 9.38. The SMILES string of the molecule is CN=C(NCCc1ccc(OC)c(OC)c1)NCc1oc2ccc(F)cc2c1C. The number of methoxy groups -OCH3 is 2. The molecule has 3 rings (SSSR count). The summed E-state index contributed by atoms with van der Waals surface area (Å²) in [5, 5.41) is 7.31. The van der Waals surface area contributed by atoms with Crippen LogP contribution in [0.4, 0.5) is 4.39 Å². The minimum Gasteiger partial charge on any atom is -0.493 e. The molecule has 0 bridgehead atoms. The van der Waals surface area contributed by atoms with Crippen LogP contribution in [0, 0.1) is 12.7 Å². The van der Waals surface area contributed by atoms with E-state index in [-0.39, 0.29) is 5.82 Å². The van der Waals surface area contributed by atoms with Gasteiger partial charge in [-0.05, 0) is 49.2 Å². The van der Waals surface area contributed by atoms with E-state index in [0.717, 1.165) is 28.7 Å². The van der Waals surface area contributed by atoms with Crippen LogP contribution >= 0.6 is 0 Å². The highest BCUT2D eigenvalue weighted by Crippen LogP contribution is 2.28. The third kappa shape index (κ3) is 4.80. The average Bonchev–Trinajstić information content (AvgIpc) is 3.05. The summed E-state index contributed by atoms with van der Waals surface area (Å²) in [6.07, 6.45) is 0.796. The molecule has 0 amide bonds. The van der Waals surface area contributed by atoms with Crippen molar-refractivity contribution in [1.29, 1.82) is 0 Å². The molecule has 0 saturated carbocycles. The minimum absolute atomic E-state index is 0.270. The van der Waals surface area contributed by atoms with Gasteiger partial charge in [-0.1, -0.05) is 6.07 Å². The van der Waals surface area contributed by atoms with Crippen molar-refractivity contribution in [2.45, 2.75) is 19.9 Å². The van der Waals surface area contributed by atoms with Crippen molar-refractivity contribution < 1.29 is 18.3 Å². The van der Waals surface area contributed by atoms with Gasteiger partial charge in [0.05, 0.1) is 20.8 Å². The molecular formula is C22H26FN3O3. The number of aliphatic imine (C=N–C) groups is 1. The maximum atomic E-state index is 13.5. The molecule has 0 atom stereocenters. The first-order valence-corrected chi connectivity index (χ1v) is 9.38. The fourth-order valence-corrected chi connectivity index (χ4v) is 3.16. The second-order valence-electron chi connectivity index (χ2n) is 6.58. The van der Waals surface area contributed by atoms with Gasteiger partial charge in [0.25, 0.3) is 0 Å². The third-order valence-electron chi connectivity index (χ3n) is 4.79. The molecule has 2 aromatic carbocycles. The van der Waals surface area contributed by atoms with Crippen molar-refractivity contribution in [2.24, 2.45) is 4.99 Å². The van der Waals surface area contributed by atoms with Gasteiger partial charge in [-0.25, -0.2) is 4.39 Å².